The van der Waals surface area contributed by atoms with Gasteiger partial charge in [-0.2, -0.15) is 0 Å². The number of amides is 6. The number of ether oxygens (including phenoxy) is 1. The van der Waals surface area contributed by atoms with Gasteiger partial charge in [0.05, 0.1) is 12.1 Å². The van der Waals surface area contributed by atoms with Crippen LogP contribution in [0.5, 0.6) is 0 Å². The standard InChI is InChI=1S/C41H53F2N7O8/c1-22-10-12-29(13-11-22)45-41(57)46-30(19-26-17-27(42)20-28(43)18-26)35(51)47-34-25(4)58-40(56)33-16-23(2)21-50(33)37(53)24(3)44-36(52)31-8-5-6-14-48(31)38(54)32-9-7-15-49(32)39(34)55/h10-13,17-18,20,23-25,30-34,36,44,52H,5-9,14-16,19,21H2,1-4H3,(H,47,51)(H2,45,46,57)/t23-,24-,25-,30-,31-,32-,33-,34-,36?/m0/s1. The van der Waals surface area contributed by atoms with E-state index in [0.29, 0.717) is 44.0 Å². The van der Waals surface area contributed by atoms with E-state index in [1.54, 1.807) is 36.1 Å². The van der Waals surface area contributed by atoms with Crippen LogP contribution in [-0.2, 0) is 35.1 Å². The Morgan fingerprint density at radius 3 is 2.28 bits per heavy atom. The first-order valence-electron chi connectivity index (χ1n) is 20.0. The summed E-state index contributed by atoms with van der Waals surface area (Å²) in [5.41, 5.74) is 1.37. The minimum Gasteiger partial charge on any atom is -0.458 e. The Morgan fingerprint density at radius 1 is 0.879 bits per heavy atom. The summed E-state index contributed by atoms with van der Waals surface area (Å²) in [7, 11) is 0. The highest BCUT2D eigenvalue weighted by Gasteiger charge is 2.47. The number of esters is 1. The number of cyclic esters (lactones) is 1. The van der Waals surface area contributed by atoms with Gasteiger partial charge in [-0.25, -0.2) is 18.4 Å². The molecule has 6 amide bonds. The molecule has 0 radical (unpaired) electrons. The van der Waals surface area contributed by atoms with Crippen LogP contribution in [0.15, 0.2) is 42.5 Å². The molecule has 4 heterocycles. The van der Waals surface area contributed by atoms with Gasteiger partial charge in [-0.1, -0.05) is 24.6 Å². The number of halogens is 2. The molecule has 0 spiro atoms. The summed E-state index contributed by atoms with van der Waals surface area (Å²) in [5, 5.41) is 22.2. The highest BCUT2D eigenvalue weighted by molar-refractivity contribution is 5.97. The van der Waals surface area contributed by atoms with E-state index >= 15 is 0 Å². The van der Waals surface area contributed by atoms with Crippen LogP contribution in [0, 0.1) is 24.5 Å². The summed E-state index contributed by atoms with van der Waals surface area (Å²) in [5.74, 6) is -5.23. The molecule has 1 unspecified atom stereocenters. The first kappa shape index (κ1) is 42.4. The normalized spacial score (nSPS) is 28.9. The van der Waals surface area contributed by atoms with Gasteiger partial charge in [0.15, 0.2) is 0 Å². The van der Waals surface area contributed by atoms with Crippen molar-refractivity contribution in [3.05, 3.63) is 65.2 Å². The van der Waals surface area contributed by atoms with Gasteiger partial charge in [-0.3, -0.25) is 24.5 Å². The van der Waals surface area contributed by atoms with Gasteiger partial charge in [0.2, 0.25) is 23.6 Å². The number of rotatable bonds is 6. The second kappa shape index (κ2) is 18.2. The van der Waals surface area contributed by atoms with Gasteiger partial charge >= 0.3 is 12.0 Å². The number of carbonyl (C=O) groups excluding carboxylic acids is 6. The van der Waals surface area contributed by atoms with Crippen molar-refractivity contribution in [2.45, 2.75) is 121 Å². The van der Waals surface area contributed by atoms with Crippen LogP contribution < -0.4 is 21.3 Å². The van der Waals surface area contributed by atoms with Gasteiger partial charge in [0, 0.05) is 37.8 Å². The molecule has 4 saturated heterocycles. The van der Waals surface area contributed by atoms with Crippen LogP contribution in [-0.4, -0.2) is 124 Å². The number of piperidine rings is 1. The topological polar surface area (TPSA) is 190 Å². The smallest absolute Gasteiger partial charge is 0.329 e. The molecule has 2 aromatic rings. The monoisotopic (exact) mass is 809 g/mol. The zero-order valence-corrected chi connectivity index (χ0v) is 33.2. The molecule has 4 aliphatic heterocycles. The third-order valence-corrected chi connectivity index (χ3v) is 11.5. The number of fused-ring (bicyclic) bond motifs is 3. The van der Waals surface area contributed by atoms with E-state index in [9.17, 15) is 42.7 Å². The number of hydrogen-bond acceptors (Lipinski definition) is 9. The zero-order chi connectivity index (χ0) is 41.8. The molecule has 5 N–H and O–H groups in total. The van der Waals surface area contributed by atoms with Gasteiger partial charge in [0.25, 0.3) is 0 Å². The van der Waals surface area contributed by atoms with Crippen molar-refractivity contribution in [3.8, 4) is 0 Å². The molecule has 0 saturated carbocycles. The van der Waals surface area contributed by atoms with E-state index in [2.05, 4.69) is 21.3 Å². The highest BCUT2D eigenvalue weighted by Crippen LogP contribution is 2.29. The Morgan fingerprint density at radius 2 is 1.57 bits per heavy atom. The van der Waals surface area contributed by atoms with Crippen molar-refractivity contribution in [1.29, 1.82) is 0 Å². The molecular weight excluding hydrogens is 756 g/mol. The number of anilines is 1. The average Bonchev–Trinajstić information content (AvgIpc) is 3.83. The maximum absolute atomic E-state index is 14.7. The Balaban J connectivity index is 1.34. The Labute approximate surface area is 336 Å². The molecule has 2 aromatic carbocycles. The van der Waals surface area contributed by atoms with Gasteiger partial charge in [0.1, 0.15) is 48.1 Å². The lowest BCUT2D eigenvalue weighted by Crippen LogP contribution is -2.64. The molecule has 0 aromatic heterocycles. The SMILES string of the molecule is Cc1ccc(NC(=O)N[C@@H](Cc2cc(F)cc(F)c2)C(=O)N[C@@H]2C(=O)N3CCC[C@H]3C(=O)N3CCCC[C@H]3C(O)N[C@@H](C)C(=O)N3C[C@@H](C)C[C@H]3C(=O)O[C@H]2C)cc1. The molecule has 9 atom stereocenters. The zero-order valence-electron chi connectivity index (χ0n) is 33.2. The largest absolute Gasteiger partial charge is 0.458 e. The summed E-state index contributed by atoms with van der Waals surface area (Å²) < 4.78 is 34.6. The van der Waals surface area contributed by atoms with Crippen LogP contribution in [0.2, 0.25) is 0 Å². The molecule has 0 bridgehead atoms. The third-order valence-electron chi connectivity index (χ3n) is 11.5. The van der Waals surface area contributed by atoms with Gasteiger partial charge in [-0.15, -0.1) is 0 Å². The second-order valence-electron chi connectivity index (χ2n) is 16.1. The Kier molecular flexibility index (Phi) is 13.3. The number of aryl methyl sites for hydroxylation is 1. The van der Waals surface area contributed by atoms with Crippen molar-refractivity contribution >= 4 is 41.3 Å². The molecule has 58 heavy (non-hydrogen) atoms. The quantitative estimate of drug-likeness (QED) is 0.273. The van der Waals surface area contributed by atoms with E-state index in [0.717, 1.165) is 24.1 Å². The molecular formula is C41H53F2N7O8. The van der Waals surface area contributed by atoms with Gasteiger partial charge in [-0.05, 0) is 95.0 Å². The van der Waals surface area contributed by atoms with E-state index in [1.807, 2.05) is 13.8 Å². The summed E-state index contributed by atoms with van der Waals surface area (Å²) in [4.78, 5) is 88.7. The van der Waals surface area contributed by atoms with E-state index in [1.165, 1.54) is 16.7 Å². The lowest BCUT2D eigenvalue weighted by Gasteiger charge is -2.42. The van der Waals surface area contributed by atoms with Crippen LogP contribution in [0.25, 0.3) is 0 Å². The number of nitrogens with zero attached hydrogens (tertiary/aromatic N) is 3. The predicted octanol–water partition coefficient (Wildman–Crippen LogP) is 2.34. The fourth-order valence-electron chi connectivity index (χ4n) is 8.52. The molecule has 6 rings (SSSR count). The summed E-state index contributed by atoms with van der Waals surface area (Å²) in [6.07, 6.45) is -0.166. The summed E-state index contributed by atoms with van der Waals surface area (Å²) in [6, 6.07) is 1.99. The van der Waals surface area contributed by atoms with Crippen molar-refractivity contribution in [3.63, 3.8) is 0 Å². The number of hydrogen-bond donors (Lipinski definition) is 5. The molecule has 4 fully saturated rings. The lowest BCUT2D eigenvalue weighted by molar-refractivity contribution is -0.163. The Hall–Kier alpha value is -5.16. The van der Waals surface area contributed by atoms with Crippen LogP contribution in [0.4, 0.5) is 19.3 Å². The number of nitrogens with one attached hydrogen (secondary N) is 4. The number of urea groups is 1. The number of carbonyl (C=O) groups is 6. The molecule has 0 aliphatic carbocycles. The van der Waals surface area contributed by atoms with Crippen LogP contribution in [0.3, 0.4) is 0 Å². The van der Waals surface area contributed by atoms with E-state index in [-0.39, 0.29) is 31.0 Å². The minimum absolute atomic E-state index is 0.0318. The maximum Gasteiger partial charge on any atom is 0.329 e. The number of aliphatic hydroxyl groups is 1. The lowest BCUT2D eigenvalue weighted by atomic mass is 9.98. The first-order valence-corrected chi connectivity index (χ1v) is 20.0. The highest BCUT2D eigenvalue weighted by atomic mass is 19.1. The van der Waals surface area contributed by atoms with E-state index < -0.39 is 102 Å². The minimum atomic E-state index is -1.60. The van der Waals surface area contributed by atoms with E-state index in [4.69, 9.17) is 4.74 Å². The van der Waals surface area contributed by atoms with Crippen LogP contribution >= 0.6 is 0 Å². The van der Waals surface area contributed by atoms with Gasteiger partial charge < -0.3 is 40.5 Å². The fourth-order valence-corrected chi connectivity index (χ4v) is 8.52. The van der Waals surface area contributed by atoms with Crippen molar-refractivity contribution in [2.24, 2.45) is 5.92 Å². The third kappa shape index (κ3) is 9.74. The summed E-state index contributed by atoms with van der Waals surface area (Å²) >= 11 is 0. The van der Waals surface area contributed by atoms with Crippen molar-refractivity contribution in [2.75, 3.05) is 25.0 Å². The maximum atomic E-state index is 14.7. The number of aliphatic hydroxyl groups excluding tert-OH is 1. The molecule has 4 aliphatic rings. The average molecular weight is 810 g/mol. The first-order chi connectivity index (χ1) is 27.6. The predicted molar refractivity (Wildman–Crippen MR) is 207 cm³/mol. The number of benzene rings is 2. The second-order valence-corrected chi connectivity index (χ2v) is 16.1. The molecule has 314 valence electrons. The molecule has 17 heteroatoms. The Bertz CT molecular complexity index is 1860. The molecule has 15 nitrogen and oxygen atoms in total. The fraction of sp³-hybridized carbons (Fsp3) is 0.561. The summed E-state index contributed by atoms with van der Waals surface area (Å²) in [6.45, 7) is 7.45. The van der Waals surface area contributed by atoms with Crippen molar-refractivity contribution < 1.29 is 47.4 Å². The van der Waals surface area contributed by atoms with Crippen molar-refractivity contribution in [1.82, 2.24) is 30.7 Å². The van der Waals surface area contributed by atoms with Crippen LogP contribution in [0.1, 0.15) is 70.4 Å².